The number of ketones is 1. The molecule has 2 aromatic carbocycles. The average molecular weight is 400 g/mol. The highest BCUT2D eigenvalue weighted by atomic mass is 35.5. The molecular weight excluding hydrogens is 378 g/mol. The molecule has 1 amide bonds. The minimum Gasteiger partial charge on any atom is -0.507 e. The van der Waals surface area contributed by atoms with E-state index in [9.17, 15) is 14.7 Å². The van der Waals surface area contributed by atoms with Crippen molar-refractivity contribution in [1.29, 1.82) is 0 Å². The summed E-state index contributed by atoms with van der Waals surface area (Å²) in [5.41, 5.74) is 2.28. The number of methoxy groups -OCH3 is 1. The molecule has 0 bridgehead atoms. The van der Waals surface area contributed by atoms with Gasteiger partial charge in [0.25, 0.3) is 11.7 Å². The lowest BCUT2D eigenvalue weighted by Crippen LogP contribution is -2.31. The smallest absolute Gasteiger partial charge is 0.295 e. The number of hydrogen-bond donors (Lipinski definition) is 1. The topological polar surface area (TPSA) is 66.8 Å². The Bertz CT molecular complexity index is 920. The van der Waals surface area contributed by atoms with E-state index >= 15 is 0 Å². The van der Waals surface area contributed by atoms with E-state index in [2.05, 4.69) is 0 Å². The zero-order valence-electron chi connectivity index (χ0n) is 15.8. The molecule has 0 aromatic heterocycles. The number of halogens is 1. The molecule has 0 saturated carbocycles. The second kappa shape index (κ2) is 8.59. The Morgan fingerprint density at radius 3 is 2.54 bits per heavy atom. The van der Waals surface area contributed by atoms with Crippen molar-refractivity contribution in [3.8, 4) is 0 Å². The number of aliphatic hydroxyl groups excluding tert-OH is 1. The first kappa shape index (κ1) is 20.1. The summed E-state index contributed by atoms with van der Waals surface area (Å²) in [7, 11) is 1.58. The molecule has 3 rings (SSSR count). The Morgan fingerprint density at radius 1 is 1.18 bits per heavy atom. The maximum Gasteiger partial charge on any atom is 0.295 e. The van der Waals surface area contributed by atoms with E-state index in [1.54, 1.807) is 43.5 Å². The summed E-state index contributed by atoms with van der Waals surface area (Å²) in [4.78, 5) is 27.0. The average Bonchev–Trinajstić information content (AvgIpc) is 2.93. The summed E-state index contributed by atoms with van der Waals surface area (Å²) < 4.78 is 5.07. The highest BCUT2D eigenvalue weighted by Gasteiger charge is 2.45. The van der Waals surface area contributed by atoms with E-state index in [4.69, 9.17) is 16.3 Å². The van der Waals surface area contributed by atoms with Gasteiger partial charge in [0.1, 0.15) is 5.76 Å². The summed E-state index contributed by atoms with van der Waals surface area (Å²) in [6.45, 7) is 2.73. The summed E-state index contributed by atoms with van der Waals surface area (Å²) in [6.07, 6.45) is 0.575. The Labute approximate surface area is 169 Å². The molecule has 1 aliphatic rings. The van der Waals surface area contributed by atoms with Crippen molar-refractivity contribution in [2.75, 3.05) is 20.3 Å². The maximum atomic E-state index is 12.8. The molecule has 1 atom stereocenters. The van der Waals surface area contributed by atoms with Crippen molar-refractivity contribution in [3.63, 3.8) is 0 Å². The lowest BCUT2D eigenvalue weighted by Gasteiger charge is -2.25. The molecule has 1 N–H and O–H groups in total. The Kier molecular flexibility index (Phi) is 6.17. The number of rotatable bonds is 6. The predicted molar refractivity (Wildman–Crippen MR) is 108 cm³/mol. The van der Waals surface area contributed by atoms with Crippen LogP contribution in [0, 0.1) is 6.92 Å². The number of Topliss-reactive ketones (excluding diaryl/α,β-unsaturated/α-hetero) is 1. The summed E-state index contributed by atoms with van der Waals surface area (Å²) in [5.74, 6) is -1.51. The maximum absolute atomic E-state index is 12.8. The number of benzene rings is 2. The van der Waals surface area contributed by atoms with Gasteiger partial charge in [0.05, 0.1) is 11.6 Å². The highest BCUT2D eigenvalue weighted by molar-refractivity contribution is 6.46. The molecule has 1 saturated heterocycles. The van der Waals surface area contributed by atoms with Crippen LogP contribution in [0.5, 0.6) is 0 Å². The van der Waals surface area contributed by atoms with Crippen LogP contribution in [-0.2, 0) is 14.3 Å². The van der Waals surface area contributed by atoms with Gasteiger partial charge in [0.2, 0.25) is 0 Å². The molecule has 0 unspecified atom stereocenters. The van der Waals surface area contributed by atoms with E-state index in [0.29, 0.717) is 35.7 Å². The SMILES string of the molecule is COCCCN1C(=O)C(=O)/C(=C(/O)c2ccc(C)cc2)[C@H]1c1cccc(Cl)c1. The van der Waals surface area contributed by atoms with Crippen LogP contribution < -0.4 is 0 Å². The molecule has 28 heavy (non-hydrogen) atoms. The van der Waals surface area contributed by atoms with Crippen LogP contribution >= 0.6 is 11.6 Å². The zero-order valence-corrected chi connectivity index (χ0v) is 16.6. The van der Waals surface area contributed by atoms with E-state index in [1.165, 1.54) is 4.90 Å². The van der Waals surface area contributed by atoms with Gasteiger partial charge in [-0.15, -0.1) is 0 Å². The van der Waals surface area contributed by atoms with E-state index < -0.39 is 17.7 Å². The molecule has 6 heteroatoms. The number of likely N-dealkylation sites (tertiary alicyclic amines) is 1. The summed E-state index contributed by atoms with van der Waals surface area (Å²) in [6, 6.07) is 13.5. The number of amides is 1. The van der Waals surface area contributed by atoms with Crippen LogP contribution in [-0.4, -0.2) is 42.0 Å². The van der Waals surface area contributed by atoms with Crippen molar-refractivity contribution in [2.45, 2.75) is 19.4 Å². The zero-order chi connectivity index (χ0) is 20.3. The van der Waals surface area contributed by atoms with Crippen molar-refractivity contribution >= 4 is 29.1 Å². The van der Waals surface area contributed by atoms with E-state index in [-0.39, 0.29) is 11.3 Å². The van der Waals surface area contributed by atoms with Crippen molar-refractivity contribution in [3.05, 3.63) is 75.8 Å². The highest BCUT2D eigenvalue weighted by Crippen LogP contribution is 2.40. The number of aryl methyl sites for hydroxylation is 1. The standard InChI is InChI=1S/C22H22ClNO4/c1-14-7-9-15(10-8-14)20(25)18-19(16-5-3-6-17(23)13-16)24(11-4-12-28-2)22(27)21(18)26/h3,5-10,13,19,25H,4,11-12H2,1-2H3/b20-18+/t19-/m1/s1. The largest absolute Gasteiger partial charge is 0.507 e. The molecular formula is C22H22ClNO4. The molecule has 0 aliphatic carbocycles. The van der Waals surface area contributed by atoms with Crippen LogP contribution in [0.15, 0.2) is 54.1 Å². The molecule has 1 fully saturated rings. The first-order valence-corrected chi connectivity index (χ1v) is 9.41. The van der Waals surface area contributed by atoms with Crippen molar-refractivity contribution in [2.24, 2.45) is 0 Å². The lowest BCUT2D eigenvalue weighted by molar-refractivity contribution is -0.140. The third-order valence-corrected chi connectivity index (χ3v) is 5.01. The van der Waals surface area contributed by atoms with Gasteiger partial charge in [0.15, 0.2) is 0 Å². The predicted octanol–water partition coefficient (Wildman–Crippen LogP) is 4.11. The Hall–Kier alpha value is -2.63. The van der Waals surface area contributed by atoms with Crippen LogP contribution in [0.3, 0.4) is 0 Å². The van der Waals surface area contributed by atoms with Gasteiger partial charge in [-0.2, -0.15) is 0 Å². The normalized spacial score (nSPS) is 18.7. The summed E-state index contributed by atoms with van der Waals surface area (Å²) >= 11 is 6.15. The van der Waals surface area contributed by atoms with E-state index in [0.717, 1.165) is 5.56 Å². The minimum atomic E-state index is -0.697. The molecule has 0 radical (unpaired) electrons. The van der Waals surface area contributed by atoms with Crippen molar-refractivity contribution in [1.82, 2.24) is 4.90 Å². The molecule has 5 nitrogen and oxygen atoms in total. The van der Waals surface area contributed by atoms with Gasteiger partial charge in [-0.25, -0.2) is 0 Å². The first-order valence-electron chi connectivity index (χ1n) is 9.04. The molecule has 1 aliphatic heterocycles. The van der Waals surface area contributed by atoms with Gasteiger partial charge in [-0.3, -0.25) is 9.59 Å². The van der Waals surface area contributed by atoms with Crippen LogP contribution in [0.4, 0.5) is 0 Å². The monoisotopic (exact) mass is 399 g/mol. The molecule has 2 aromatic rings. The fourth-order valence-electron chi connectivity index (χ4n) is 3.38. The van der Waals surface area contributed by atoms with Crippen LogP contribution in [0.2, 0.25) is 5.02 Å². The molecule has 1 heterocycles. The van der Waals surface area contributed by atoms with Gasteiger partial charge < -0.3 is 14.7 Å². The second-order valence-electron chi connectivity index (χ2n) is 6.76. The fourth-order valence-corrected chi connectivity index (χ4v) is 3.58. The minimum absolute atomic E-state index is 0.0773. The van der Waals surface area contributed by atoms with Gasteiger partial charge in [0, 0.05) is 30.8 Å². The second-order valence-corrected chi connectivity index (χ2v) is 7.20. The number of aliphatic hydroxyl groups is 1. The van der Waals surface area contributed by atoms with Crippen LogP contribution in [0.1, 0.15) is 29.2 Å². The Morgan fingerprint density at radius 2 is 1.89 bits per heavy atom. The lowest BCUT2D eigenvalue weighted by atomic mass is 9.95. The van der Waals surface area contributed by atoms with Gasteiger partial charge in [-0.1, -0.05) is 53.6 Å². The number of hydrogen-bond acceptors (Lipinski definition) is 4. The fraction of sp³-hybridized carbons (Fsp3) is 0.273. The molecule has 146 valence electrons. The van der Waals surface area contributed by atoms with Crippen molar-refractivity contribution < 1.29 is 19.4 Å². The third kappa shape index (κ3) is 3.96. The van der Waals surface area contributed by atoms with E-state index in [1.807, 2.05) is 19.1 Å². The number of ether oxygens (including phenoxy) is 1. The number of carbonyl (C=O) groups excluding carboxylic acids is 2. The van der Waals surface area contributed by atoms with Crippen LogP contribution in [0.25, 0.3) is 5.76 Å². The van der Waals surface area contributed by atoms with Gasteiger partial charge in [-0.05, 0) is 31.0 Å². The van der Waals surface area contributed by atoms with Gasteiger partial charge >= 0.3 is 0 Å². The third-order valence-electron chi connectivity index (χ3n) is 4.78. The first-order chi connectivity index (χ1) is 13.4. The Balaban J connectivity index is 2.12. The number of nitrogens with zero attached hydrogens (tertiary/aromatic N) is 1. The molecule has 0 spiro atoms. The summed E-state index contributed by atoms with van der Waals surface area (Å²) in [5, 5.41) is 11.4. The number of carbonyl (C=O) groups is 2. The quantitative estimate of drug-likeness (QED) is 0.343.